The van der Waals surface area contributed by atoms with E-state index in [-0.39, 0.29) is 10.8 Å². The van der Waals surface area contributed by atoms with E-state index in [1.165, 1.54) is 30.1 Å². The summed E-state index contributed by atoms with van der Waals surface area (Å²) in [5.74, 6) is -0.0465. The zero-order valence-corrected chi connectivity index (χ0v) is 13.0. The molecule has 20 heavy (non-hydrogen) atoms. The van der Waals surface area contributed by atoms with Crippen LogP contribution in [0, 0.1) is 6.92 Å². The second-order valence-corrected chi connectivity index (χ2v) is 5.85. The van der Waals surface area contributed by atoms with Gasteiger partial charge in [-0.25, -0.2) is 0 Å². The Morgan fingerprint density at radius 1 is 1.35 bits per heavy atom. The molecule has 0 aliphatic rings. The van der Waals surface area contributed by atoms with Gasteiger partial charge in [0.25, 0.3) is 0 Å². The summed E-state index contributed by atoms with van der Waals surface area (Å²) in [6.45, 7) is 1.81. The van der Waals surface area contributed by atoms with Crippen LogP contribution < -0.4 is 0 Å². The maximum absolute atomic E-state index is 9.66. The fraction of sp³-hybridized carbons (Fsp3) is 0.167. The van der Waals surface area contributed by atoms with Crippen LogP contribution >= 0.6 is 35.0 Å². The minimum atomic E-state index is -0.0465. The van der Waals surface area contributed by atoms with Gasteiger partial charge >= 0.3 is 0 Å². The molecule has 0 unspecified atom stereocenters. The number of aromatic hydroxyl groups is 1. The van der Waals surface area contributed by atoms with Crippen molar-refractivity contribution in [2.75, 3.05) is 0 Å². The smallest absolute Gasteiger partial charge is 0.135 e. The summed E-state index contributed by atoms with van der Waals surface area (Å²) in [7, 11) is 1.77. The van der Waals surface area contributed by atoms with Crippen molar-refractivity contribution in [1.29, 1.82) is 0 Å². The van der Waals surface area contributed by atoms with Gasteiger partial charge in [0, 0.05) is 11.9 Å². The van der Waals surface area contributed by atoms with E-state index in [2.05, 4.69) is 10.3 Å². The number of aryl methyl sites for hydroxylation is 2. The number of rotatable bonds is 3. The molecule has 0 amide bonds. The molecule has 0 saturated heterocycles. The molecule has 1 heterocycles. The van der Waals surface area contributed by atoms with Crippen molar-refractivity contribution >= 4 is 41.2 Å². The Morgan fingerprint density at radius 3 is 2.70 bits per heavy atom. The van der Waals surface area contributed by atoms with Crippen molar-refractivity contribution in [3.63, 3.8) is 0 Å². The maximum Gasteiger partial charge on any atom is 0.135 e. The third-order valence-electron chi connectivity index (χ3n) is 2.61. The molecule has 0 spiro atoms. The lowest BCUT2D eigenvalue weighted by molar-refractivity contribution is 0.321. The van der Waals surface area contributed by atoms with E-state index in [4.69, 9.17) is 28.4 Å². The van der Waals surface area contributed by atoms with Crippen LogP contribution in [-0.2, 0) is 7.05 Å². The highest BCUT2D eigenvalue weighted by molar-refractivity contribution is 7.99. The molecule has 2 N–H and O–H groups in total. The second-order valence-electron chi connectivity index (χ2n) is 4.01. The molecule has 0 fully saturated rings. The third kappa shape index (κ3) is 2.87. The molecule has 0 radical (unpaired) electrons. The first-order chi connectivity index (χ1) is 9.43. The summed E-state index contributed by atoms with van der Waals surface area (Å²) in [6.07, 6.45) is 1.31. The number of hydrogen-bond donors (Lipinski definition) is 2. The van der Waals surface area contributed by atoms with E-state index < -0.39 is 0 Å². The lowest BCUT2D eigenvalue weighted by Gasteiger charge is -2.07. The molecule has 0 atom stereocenters. The van der Waals surface area contributed by atoms with E-state index in [0.717, 1.165) is 10.7 Å². The number of halogens is 2. The molecule has 0 bridgehead atoms. The molecule has 2 rings (SSSR count). The van der Waals surface area contributed by atoms with Crippen LogP contribution in [0.25, 0.3) is 0 Å². The highest BCUT2D eigenvalue weighted by Crippen LogP contribution is 2.40. The molecule has 106 valence electrons. The summed E-state index contributed by atoms with van der Waals surface area (Å²) in [6, 6.07) is 2.96. The topological polar surface area (TPSA) is 70.6 Å². The minimum absolute atomic E-state index is 0.0465. The van der Waals surface area contributed by atoms with Crippen molar-refractivity contribution in [3.8, 4) is 5.75 Å². The van der Waals surface area contributed by atoms with Gasteiger partial charge in [0.05, 0.1) is 27.5 Å². The summed E-state index contributed by atoms with van der Waals surface area (Å²) in [5, 5.41) is 27.0. The summed E-state index contributed by atoms with van der Waals surface area (Å²) in [5.41, 5.74) is 1.41. The van der Waals surface area contributed by atoms with Gasteiger partial charge in [-0.3, -0.25) is 4.68 Å². The van der Waals surface area contributed by atoms with E-state index >= 15 is 0 Å². The molecule has 2 aromatic rings. The number of oxime groups is 1. The zero-order valence-electron chi connectivity index (χ0n) is 10.6. The lowest BCUT2D eigenvalue weighted by Crippen LogP contribution is -1.93. The molecule has 1 aromatic carbocycles. The molecule has 8 heteroatoms. The van der Waals surface area contributed by atoms with Crippen molar-refractivity contribution in [1.82, 2.24) is 9.78 Å². The van der Waals surface area contributed by atoms with Gasteiger partial charge in [-0.15, -0.1) is 0 Å². The fourth-order valence-electron chi connectivity index (χ4n) is 1.68. The zero-order chi connectivity index (χ0) is 14.9. The van der Waals surface area contributed by atoms with Crippen LogP contribution in [0.4, 0.5) is 0 Å². The Morgan fingerprint density at radius 2 is 2.05 bits per heavy atom. The average molecular weight is 332 g/mol. The number of hydrogen-bond acceptors (Lipinski definition) is 5. The maximum atomic E-state index is 9.66. The monoisotopic (exact) mass is 331 g/mol. The van der Waals surface area contributed by atoms with Crippen molar-refractivity contribution in [3.05, 3.63) is 33.4 Å². The van der Waals surface area contributed by atoms with Gasteiger partial charge in [0.15, 0.2) is 0 Å². The number of phenols is 1. The Bertz CT molecular complexity index is 686. The molecule has 5 nitrogen and oxygen atoms in total. The predicted molar refractivity (Wildman–Crippen MR) is 79.6 cm³/mol. The van der Waals surface area contributed by atoms with E-state index in [1.54, 1.807) is 11.7 Å². The van der Waals surface area contributed by atoms with Gasteiger partial charge in [0.2, 0.25) is 0 Å². The molecular formula is C12H11Cl2N3O2S. The quantitative estimate of drug-likeness (QED) is 0.511. The third-order valence-corrected chi connectivity index (χ3v) is 4.57. The predicted octanol–water partition coefficient (Wildman–Crippen LogP) is 3.70. The van der Waals surface area contributed by atoms with Crippen molar-refractivity contribution in [2.45, 2.75) is 16.8 Å². The minimum Gasteiger partial charge on any atom is -0.506 e. The van der Waals surface area contributed by atoms with Gasteiger partial charge in [-0.1, -0.05) is 40.1 Å². The Balaban J connectivity index is 2.47. The van der Waals surface area contributed by atoms with Crippen molar-refractivity contribution < 1.29 is 10.3 Å². The first-order valence-electron chi connectivity index (χ1n) is 5.51. The van der Waals surface area contributed by atoms with Crippen LogP contribution in [0.15, 0.2) is 27.2 Å². The second kappa shape index (κ2) is 5.95. The van der Waals surface area contributed by atoms with Crippen LogP contribution in [0.2, 0.25) is 10.0 Å². The lowest BCUT2D eigenvalue weighted by atomic mass is 10.3. The van der Waals surface area contributed by atoms with E-state index in [9.17, 15) is 5.11 Å². The van der Waals surface area contributed by atoms with E-state index in [0.29, 0.717) is 15.5 Å². The summed E-state index contributed by atoms with van der Waals surface area (Å²) in [4.78, 5) is 0.629. The highest BCUT2D eigenvalue weighted by Gasteiger charge is 2.16. The summed E-state index contributed by atoms with van der Waals surface area (Å²) >= 11 is 13.2. The van der Waals surface area contributed by atoms with Crippen LogP contribution in [-0.4, -0.2) is 26.3 Å². The standard InChI is InChI=1S/C12H11Cl2N3O2S/c1-6-7(5-15-19)12(17(2)16-6)20-11-4-10(18)8(13)3-9(11)14/h3-5,18-19H,1-2H3. The fourth-order valence-corrected chi connectivity index (χ4v) is 3.20. The SMILES string of the molecule is Cc1nn(C)c(Sc2cc(O)c(Cl)cc2Cl)c1C=NO. The average Bonchev–Trinajstić information content (AvgIpc) is 2.63. The van der Waals surface area contributed by atoms with Crippen molar-refractivity contribution in [2.24, 2.45) is 12.2 Å². The molecule has 0 aliphatic carbocycles. The number of phenolic OH excluding ortho intramolecular Hbond substituents is 1. The van der Waals surface area contributed by atoms with Gasteiger partial charge in [0.1, 0.15) is 10.8 Å². The van der Waals surface area contributed by atoms with Crippen LogP contribution in [0.1, 0.15) is 11.3 Å². The van der Waals surface area contributed by atoms with Gasteiger partial charge in [-0.2, -0.15) is 5.10 Å². The Hall–Kier alpha value is -1.37. The normalized spacial score (nSPS) is 11.4. The number of aromatic nitrogens is 2. The first kappa shape index (κ1) is 15.0. The molecule has 1 aromatic heterocycles. The Labute approximate surface area is 129 Å². The number of benzene rings is 1. The number of nitrogens with zero attached hydrogens (tertiary/aromatic N) is 3. The molecular weight excluding hydrogens is 321 g/mol. The first-order valence-corrected chi connectivity index (χ1v) is 7.08. The van der Waals surface area contributed by atoms with Gasteiger partial charge in [-0.05, 0) is 19.1 Å². The largest absolute Gasteiger partial charge is 0.506 e. The van der Waals surface area contributed by atoms with Crippen LogP contribution in [0.3, 0.4) is 0 Å². The molecule has 0 saturated carbocycles. The highest BCUT2D eigenvalue weighted by atomic mass is 35.5. The van der Waals surface area contributed by atoms with Gasteiger partial charge < -0.3 is 10.3 Å². The molecule has 0 aliphatic heterocycles. The summed E-state index contributed by atoms with van der Waals surface area (Å²) < 4.78 is 1.65. The Kier molecular flexibility index (Phi) is 4.47. The van der Waals surface area contributed by atoms with E-state index in [1.807, 2.05) is 6.92 Å². The van der Waals surface area contributed by atoms with Crippen LogP contribution in [0.5, 0.6) is 5.75 Å².